The number of carboxylic acids is 1. The van der Waals surface area contributed by atoms with E-state index in [1.54, 1.807) is 7.11 Å². The molecule has 1 rings (SSSR count). The van der Waals surface area contributed by atoms with Gasteiger partial charge in [-0.15, -0.1) is 0 Å². The highest BCUT2D eigenvalue weighted by atomic mass is 79.9. The normalized spacial score (nSPS) is 10.7. The summed E-state index contributed by atoms with van der Waals surface area (Å²) in [5, 5.41) is 8.65. The predicted octanol–water partition coefficient (Wildman–Crippen LogP) is 3.13. The van der Waals surface area contributed by atoms with Crippen LogP contribution in [0.15, 0.2) is 21.1 Å². The molecular weight excluding hydrogens is 366 g/mol. The summed E-state index contributed by atoms with van der Waals surface area (Å²) >= 11 is 6.87. The second-order valence-corrected chi connectivity index (χ2v) is 5.73. The summed E-state index contributed by atoms with van der Waals surface area (Å²) in [6.07, 6.45) is 0.133. The van der Waals surface area contributed by atoms with Crippen LogP contribution in [-0.4, -0.2) is 36.7 Å². The van der Waals surface area contributed by atoms with Gasteiger partial charge in [0.1, 0.15) is 5.75 Å². The van der Waals surface area contributed by atoms with E-state index in [-0.39, 0.29) is 6.42 Å². The van der Waals surface area contributed by atoms with Gasteiger partial charge in [-0.2, -0.15) is 0 Å². The first-order valence-corrected chi connectivity index (χ1v) is 6.95. The van der Waals surface area contributed by atoms with Crippen molar-refractivity contribution in [1.29, 1.82) is 0 Å². The molecule has 0 unspecified atom stereocenters. The number of carboxylic acid groups (broad SMARTS) is 1. The number of ether oxygens (including phenoxy) is 1. The Morgan fingerprint density at radius 2 is 2.11 bits per heavy atom. The number of methoxy groups -OCH3 is 1. The summed E-state index contributed by atoms with van der Waals surface area (Å²) in [5.74, 6) is -0.00962. The fourth-order valence-electron chi connectivity index (χ4n) is 1.62. The Kier molecular flexibility index (Phi) is 6.11. The highest BCUT2D eigenvalue weighted by Gasteiger charge is 2.12. The quantitative estimate of drug-likeness (QED) is 0.823. The van der Waals surface area contributed by atoms with E-state index >= 15 is 0 Å². The molecule has 0 saturated carbocycles. The summed E-state index contributed by atoms with van der Waals surface area (Å²) < 4.78 is 7.18. The fourth-order valence-corrected chi connectivity index (χ4v) is 3.09. The molecule has 0 fully saturated rings. The minimum atomic E-state index is -0.788. The van der Waals surface area contributed by atoms with Gasteiger partial charge in [0, 0.05) is 23.1 Å². The van der Waals surface area contributed by atoms with Crippen molar-refractivity contribution in [3.63, 3.8) is 0 Å². The molecule has 6 heteroatoms. The fraction of sp³-hybridized carbons (Fsp3) is 0.417. The highest BCUT2D eigenvalue weighted by molar-refractivity contribution is 9.11. The van der Waals surface area contributed by atoms with Gasteiger partial charge in [-0.1, -0.05) is 15.9 Å². The zero-order valence-electron chi connectivity index (χ0n) is 10.2. The number of halogens is 2. The average molecular weight is 381 g/mol. The SMILES string of the molecule is COc1c(Br)cc(Br)cc1CN(C)CCC(=O)O. The highest BCUT2D eigenvalue weighted by Crippen LogP contribution is 2.33. The van der Waals surface area contributed by atoms with E-state index in [2.05, 4.69) is 31.9 Å². The molecule has 0 amide bonds. The molecule has 0 aliphatic rings. The number of carbonyl (C=O) groups is 1. The van der Waals surface area contributed by atoms with Crippen LogP contribution in [0.1, 0.15) is 12.0 Å². The van der Waals surface area contributed by atoms with Gasteiger partial charge in [0.05, 0.1) is 18.0 Å². The van der Waals surface area contributed by atoms with E-state index in [1.165, 1.54) is 0 Å². The summed E-state index contributed by atoms with van der Waals surface area (Å²) in [6.45, 7) is 1.14. The lowest BCUT2D eigenvalue weighted by molar-refractivity contribution is -0.137. The van der Waals surface area contributed by atoms with Crippen LogP contribution in [0.4, 0.5) is 0 Å². The lowest BCUT2D eigenvalue weighted by atomic mass is 10.2. The molecule has 1 aromatic rings. The zero-order chi connectivity index (χ0) is 13.7. The van der Waals surface area contributed by atoms with Crippen LogP contribution in [-0.2, 0) is 11.3 Å². The molecule has 0 spiro atoms. The Labute approximate surface area is 123 Å². The lowest BCUT2D eigenvalue weighted by Crippen LogP contribution is -2.21. The first-order valence-electron chi connectivity index (χ1n) is 5.36. The van der Waals surface area contributed by atoms with Gasteiger partial charge in [0.25, 0.3) is 0 Å². The Morgan fingerprint density at radius 3 is 2.67 bits per heavy atom. The third-order valence-electron chi connectivity index (χ3n) is 2.44. The maximum atomic E-state index is 10.5. The van der Waals surface area contributed by atoms with Crippen molar-refractivity contribution in [1.82, 2.24) is 4.90 Å². The van der Waals surface area contributed by atoms with Crippen LogP contribution < -0.4 is 4.74 Å². The minimum Gasteiger partial charge on any atom is -0.495 e. The number of benzene rings is 1. The Morgan fingerprint density at radius 1 is 1.44 bits per heavy atom. The Hall–Kier alpha value is -0.590. The molecule has 0 aliphatic heterocycles. The standard InChI is InChI=1S/C12H15Br2NO3/c1-15(4-3-11(16)17)7-8-5-9(13)6-10(14)12(8)18-2/h5-6H,3-4,7H2,1-2H3,(H,16,17). The van der Waals surface area contributed by atoms with E-state index in [9.17, 15) is 4.79 Å². The summed E-state index contributed by atoms with van der Waals surface area (Å²) in [5.41, 5.74) is 1.01. The van der Waals surface area contributed by atoms with E-state index in [4.69, 9.17) is 9.84 Å². The van der Waals surface area contributed by atoms with Crippen molar-refractivity contribution in [2.24, 2.45) is 0 Å². The minimum absolute atomic E-state index is 0.133. The summed E-state index contributed by atoms with van der Waals surface area (Å²) in [7, 11) is 3.51. The number of hydrogen-bond acceptors (Lipinski definition) is 3. The third-order valence-corrected chi connectivity index (χ3v) is 3.48. The number of hydrogen-bond donors (Lipinski definition) is 1. The molecule has 0 radical (unpaired) electrons. The molecule has 0 saturated heterocycles. The molecule has 0 aromatic heterocycles. The van der Waals surface area contributed by atoms with E-state index < -0.39 is 5.97 Å². The monoisotopic (exact) mass is 379 g/mol. The molecule has 4 nitrogen and oxygen atoms in total. The van der Waals surface area contributed by atoms with Crippen molar-refractivity contribution in [2.75, 3.05) is 20.7 Å². The summed E-state index contributed by atoms with van der Waals surface area (Å²) in [6, 6.07) is 3.89. The van der Waals surface area contributed by atoms with Gasteiger partial charge in [-0.25, -0.2) is 0 Å². The smallest absolute Gasteiger partial charge is 0.304 e. The van der Waals surface area contributed by atoms with Crippen molar-refractivity contribution >= 4 is 37.8 Å². The van der Waals surface area contributed by atoms with E-state index in [1.807, 2.05) is 24.1 Å². The Bertz CT molecular complexity index is 438. The van der Waals surface area contributed by atoms with Gasteiger partial charge in [-0.05, 0) is 35.1 Å². The van der Waals surface area contributed by atoms with Crippen LogP contribution in [0.2, 0.25) is 0 Å². The molecule has 0 heterocycles. The maximum Gasteiger partial charge on any atom is 0.304 e. The largest absolute Gasteiger partial charge is 0.495 e. The third kappa shape index (κ3) is 4.59. The first kappa shape index (κ1) is 15.5. The molecule has 100 valence electrons. The molecule has 0 aliphatic carbocycles. The lowest BCUT2D eigenvalue weighted by Gasteiger charge is -2.18. The van der Waals surface area contributed by atoms with Crippen molar-refractivity contribution in [3.05, 3.63) is 26.6 Å². The molecule has 18 heavy (non-hydrogen) atoms. The molecule has 0 bridgehead atoms. The molecular formula is C12H15Br2NO3. The van der Waals surface area contributed by atoms with Gasteiger partial charge in [0.15, 0.2) is 0 Å². The first-order chi connectivity index (χ1) is 8.43. The maximum absolute atomic E-state index is 10.5. The van der Waals surface area contributed by atoms with Gasteiger partial charge >= 0.3 is 5.97 Å². The van der Waals surface area contributed by atoms with Crippen LogP contribution >= 0.6 is 31.9 Å². The van der Waals surface area contributed by atoms with Gasteiger partial charge in [-0.3, -0.25) is 4.79 Å². The number of aliphatic carboxylic acids is 1. The molecule has 1 aromatic carbocycles. The molecule has 1 N–H and O–H groups in total. The topological polar surface area (TPSA) is 49.8 Å². The summed E-state index contributed by atoms with van der Waals surface area (Å²) in [4.78, 5) is 12.5. The second kappa shape index (κ2) is 7.11. The van der Waals surface area contributed by atoms with E-state index in [0.29, 0.717) is 13.1 Å². The zero-order valence-corrected chi connectivity index (χ0v) is 13.4. The van der Waals surface area contributed by atoms with Crippen LogP contribution in [0, 0.1) is 0 Å². The van der Waals surface area contributed by atoms with Gasteiger partial charge in [0.2, 0.25) is 0 Å². The van der Waals surface area contributed by atoms with Crippen LogP contribution in [0.25, 0.3) is 0 Å². The predicted molar refractivity (Wildman–Crippen MR) is 77.0 cm³/mol. The number of nitrogens with zero attached hydrogens (tertiary/aromatic N) is 1. The van der Waals surface area contributed by atoms with Crippen LogP contribution in [0.5, 0.6) is 5.75 Å². The van der Waals surface area contributed by atoms with E-state index in [0.717, 1.165) is 20.3 Å². The van der Waals surface area contributed by atoms with Crippen molar-refractivity contribution in [3.8, 4) is 5.75 Å². The van der Waals surface area contributed by atoms with Gasteiger partial charge < -0.3 is 14.7 Å². The molecule has 0 atom stereocenters. The second-order valence-electron chi connectivity index (χ2n) is 3.96. The van der Waals surface area contributed by atoms with Crippen molar-refractivity contribution in [2.45, 2.75) is 13.0 Å². The average Bonchev–Trinajstić information content (AvgIpc) is 2.26. The Balaban J connectivity index is 2.79. The van der Waals surface area contributed by atoms with Crippen molar-refractivity contribution < 1.29 is 14.6 Å². The number of rotatable bonds is 6. The van der Waals surface area contributed by atoms with Crippen LogP contribution in [0.3, 0.4) is 0 Å².